The first-order valence-electron chi connectivity index (χ1n) is 36.0. The number of carboxylic acid groups (broad SMARTS) is 1. The Hall–Kier alpha value is -4.05. The number of carbonyl (C=O) groups is 3. The summed E-state index contributed by atoms with van der Waals surface area (Å²) in [6.07, 6.45) is 91.8. The number of hydrogen-bond acceptors (Lipinski definition) is 8. The number of quaternary nitrogens is 1. The zero-order valence-electron chi connectivity index (χ0n) is 57.1. The fraction of sp³-hybridized carbons (Fsp3) is 0.731. The number of allylic oxidation sites excluding steroid dienone is 18. The van der Waals surface area contributed by atoms with Crippen molar-refractivity contribution in [3.8, 4) is 0 Å². The third kappa shape index (κ3) is 69.3. The van der Waals surface area contributed by atoms with E-state index in [0.29, 0.717) is 17.4 Å². The molecule has 0 N–H and O–H groups in total. The summed E-state index contributed by atoms with van der Waals surface area (Å²) < 4.78 is 22.8. The van der Waals surface area contributed by atoms with Crippen molar-refractivity contribution in [2.45, 2.75) is 322 Å². The van der Waals surface area contributed by atoms with E-state index in [4.69, 9.17) is 18.9 Å². The van der Waals surface area contributed by atoms with Crippen LogP contribution in [0.25, 0.3) is 0 Å². The molecule has 2 atom stereocenters. The highest BCUT2D eigenvalue weighted by molar-refractivity contribution is 5.70. The van der Waals surface area contributed by atoms with Crippen LogP contribution in [0.1, 0.15) is 309 Å². The molecule has 0 radical (unpaired) electrons. The number of esters is 2. The molecule has 0 aromatic carbocycles. The maximum Gasteiger partial charge on any atom is 0.306 e. The number of aliphatic carboxylic acids is 1. The van der Waals surface area contributed by atoms with Crippen LogP contribution in [-0.4, -0.2) is 82.3 Å². The van der Waals surface area contributed by atoms with Crippen LogP contribution >= 0.6 is 0 Å². The SMILES string of the molecule is CC/C=C\C/C=C\C/C=C\C/C=C\C/C=C\C/C=C\CCCCCCCCCCCCCCCCCCCCCCC(=O)OC(COC(=O)CCCCCCCCCC/C=C\C/C=C\C/C=C\CCCCCCC)COC(OCC[N+](C)(C)C)C(=O)[O-]. The summed E-state index contributed by atoms with van der Waals surface area (Å²) in [5, 5.41) is 11.8. The number of carboxylic acids is 1. The molecule has 0 bridgehead atoms. The van der Waals surface area contributed by atoms with Gasteiger partial charge in [-0.05, 0) is 103 Å². The molecule has 2 unspecified atom stereocenters. The average Bonchev–Trinajstić information content (AvgIpc) is 3.55. The minimum Gasteiger partial charge on any atom is -0.545 e. The molecule has 0 fully saturated rings. The van der Waals surface area contributed by atoms with E-state index in [1.165, 1.54) is 180 Å². The largest absolute Gasteiger partial charge is 0.545 e. The molecule has 0 aliphatic carbocycles. The predicted molar refractivity (Wildman–Crippen MR) is 370 cm³/mol. The number of ether oxygens (including phenoxy) is 4. The standard InChI is InChI=1S/C78H135NO8/c1-6-8-10-12-14-16-18-20-22-24-26-28-30-31-32-33-34-35-36-37-38-39-40-41-42-43-44-45-47-49-51-53-55-57-59-61-63-65-67-69-76(81)87-74(73-86-78(77(82)83)84-71-70-79(3,4)5)72-85-75(80)68-66-64-62-60-58-56-54-52-50-48-46-29-27-25-23-21-19-17-15-13-11-9-7-2/h8,10,14,16,19-22,25-28,31-32,34-35,46,48,74,78H,6-7,9,11-13,15,17-18,23-24,29-30,33,36-45,47,49-73H2,1-5H3/b10-8-,16-14-,21-19-,22-20-,27-25-,28-26-,32-31-,35-34-,48-46-. The minimum atomic E-state index is -1.63. The van der Waals surface area contributed by atoms with Gasteiger partial charge in [-0.25, -0.2) is 0 Å². The van der Waals surface area contributed by atoms with Gasteiger partial charge in [0.15, 0.2) is 12.4 Å². The first-order chi connectivity index (χ1) is 42.6. The summed E-state index contributed by atoms with van der Waals surface area (Å²) in [4.78, 5) is 37.5. The average molecular weight is 1210 g/mol. The molecule has 0 saturated heterocycles. The van der Waals surface area contributed by atoms with Gasteiger partial charge in [0.2, 0.25) is 0 Å². The van der Waals surface area contributed by atoms with Gasteiger partial charge < -0.3 is 33.3 Å². The van der Waals surface area contributed by atoms with E-state index in [1.54, 1.807) is 0 Å². The van der Waals surface area contributed by atoms with Crippen molar-refractivity contribution in [3.05, 3.63) is 109 Å². The zero-order chi connectivity index (χ0) is 63.3. The van der Waals surface area contributed by atoms with Gasteiger partial charge >= 0.3 is 11.9 Å². The molecule has 0 rings (SSSR count). The molecular formula is C78H135NO8. The van der Waals surface area contributed by atoms with Crippen LogP contribution in [0.3, 0.4) is 0 Å². The number of carbonyl (C=O) groups excluding carboxylic acids is 3. The third-order valence-corrected chi connectivity index (χ3v) is 15.5. The Balaban J connectivity index is 4.06. The Morgan fingerprint density at radius 1 is 0.356 bits per heavy atom. The van der Waals surface area contributed by atoms with E-state index in [-0.39, 0.29) is 38.6 Å². The van der Waals surface area contributed by atoms with Crippen LogP contribution in [0, 0.1) is 0 Å². The molecule has 0 aliphatic heterocycles. The summed E-state index contributed by atoms with van der Waals surface area (Å²) in [5.74, 6) is -2.28. The first-order valence-corrected chi connectivity index (χ1v) is 36.0. The highest BCUT2D eigenvalue weighted by Crippen LogP contribution is 2.17. The molecule has 0 spiro atoms. The summed E-state index contributed by atoms with van der Waals surface area (Å²) in [6, 6.07) is 0. The Kier molecular flexibility index (Phi) is 64.7. The number of nitrogens with zero attached hydrogens (tertiary/aromatic N) is 1. The summed E-state index contributed by atoms with van der Waals surface area (Å²) in [6.45, 7) is 4.64. The lowest BCUT2D eigenvalue weighted by molar-refractivity contribution is -0.870. The van der Waals surface area contributed by atoms with Crippen LogP contribution in [0.4, 0.5) is 0 Å². The van der Waals surface area contributed by atoms with Gasteiger partial charge in [-0.2, -0.15) is 0 Å². The van der Waals surface area contributed by atoms with E-state index in [1.807, 2.05) is 21.1 Å². The van der Waals surface area contributed by atoms with Crippen molar-refractivity contribution in [2.24, 2.45) is 0 Å². The van der Waals surface area contributed by atoms with Gasteiger partial charge in [-0.3, -0.25) is 9.59 Å². The van der Waals surface area contributed by atoms with E-state index in [9.17, 15) is 19.5 Å². The van der Waals surface area contributed by atoms with Crippen LogP contribution in [0.5, 0.6) is 0 Å². The smallest absolute Gasteiger partial charge is 0.306 e. The van der Waals surface area contributed by atoms with Gasteiger partial charge in [-0.15, -0.1) is 0 Å². The Labute approximate surface area is 536 Å². The molecule has 0 aromatic rings. The molecule has 500 valence electrons. The quantitative estimate of drug-likeness (QED) is 0.0195. The Morgan fingerprint density at radius 2 is 0.655 bits per heavy atom. The van der Waals surface area contributed by atoms with Gasteiger partial charge in [0.05, 0.1) is 40.3 Å². The maximum absolute atomic E-state index is 12.9. The van der Waals surface area contributed by atoms with E-state index in [2.05, 4.69) is 123 Å². The lowest BCUT2D eigenvalue weighted by Gasteiger charge is -2.26. The topological polar surface area (TPSA) is 111 Å². The molecule has 9 heteroatoms. The van der Waals surface area contributed by atoms with Crippen LogP contribution in [0.2, 0.25) is 0 Å². The van der Waals surface area contributed by atoms with Gasteiger partial charge in [-0.1, -0.05) is 303 Å². The normalized spacial score (nSPS) is 13.3. The second-order valence-corrected chi connectivity index (χ2v) is 25.1. The van der Waals surface area contributed by atoms with Crippen molar-refractivity contribution >= 4 is 17.9 Å². The fourth-order valence-electron chi connectivity index (χ4n) is 10.0. The van der Waals surface area contributed by atoms with Crippen molar-refractivity contribution in [3.63, 3.8) is 0 Å². The lowest BCUT2D eigenvalue weighted by Crippen LogP contribution is -2.44. The molecule has 0 aliphatic rings. The Morgan fingerprint density at radius 3 is 0.977 bits per heavy atom. The fourth-order valence-corrected chi connectivity index (χ4v) is 10.0. The summed E-state index contributed by atoms with van der Waals surface area (Å²) >= 11 is 0. The van der Waals surface area contributed by atoms with Crippen LogP contribution in [0.15, 0.2) is 109 Å². The maximum atomic E-state index is 12.9. The molecule has 0 amide bonds. The molecule has 9 nitrogen and oxygen atoms in total. The molecule has 0 aromatic heterocycles. The predicted octanol–water partition coefficient (Wildman–Crippen LogP) is 21.2. The van der Waals surface area contributed by atoms with Gasteiger partial charge in [0.1, 0.15) is 13.2 Å². The van der Waals surface area contributed by atoms with Crippen LogP contribution < -0.4 is 5.11 Å². The van der Waals surface area contributed by atoms with Crippen molar-refractivity contribution in [1.82, 2.24) is 0 Å². The van der Waals surface area contributed by atoms with E-state index in [0.717, 1.165) is 96.3 Å². The lowest BCUT2D eigenvalue weighted by atomic mass is 10.0. The third-order valence-electron chi connectivity index (χ3n) is 15.5. The number of unbranched alkanes of at least 4 members (excludes halogenated alkanes) is 33. The number of hydrogen-bond donors (Lipinski definition) is 0. The summed E-state index contributed by atoms with van der Waals surface area (Å²) in [7, 11) is 5.93. The molecule has 0 heterocycles. The van der Waals surface area contributed by atoms with Crippen molar-refractivity contribution in [2.75, 3.05) is 47.5 Å². The second-order valence-electron chi connectivity index (χ2n) is 25.1. The van der Waals surface area contributed by atoms with E-state index >= 15 is 0 Å². The Bertz CT molecular complexity index is 1800. The first kappa shape index (κ1) is 83.0. The van der Waals surface area contributed by atoms with Gasteiger partial charge in [0, 0.05) is 12.8 Å². The zero-order valence-corrected chi connectivity index (χ0v) is 57.1. The number of rotatable bonds is 66. The molecule has 0 saturated carbocycles. The highest BCUT2D eigenvalue weighted by atomic mass is 16.7. The number of likely N-dealkylation sites (N-methyl/N-ethyl adjacent to an activating group) is 1. The van der Waals surface area contributed by atoms with Crippen molar-refractivity contribution in [1.29, 1.82) is 0 Å². The summed E-state index contributed by atoms with van der Waals surface area (Å²) in [5.41, 5.74) is 0. The van der Waals surface area contributed by atoms with Crippen LogP contribution in [-0.2, 0) is 33.3 Å². The highest BCUT2D eigenvalue weighted by Gasteiger charge is 2.22. The monoisotopic (exact) mass is 1210 g/mol. The van der Waals surface area contributed by atoms with Crippen molar-refractivity contribution < 1.29 is 42.9 Å². The van der Waals surface area contributed by atoms with Gasteiger partial charge in [0.25, 0.3) is 0 Å². The minimum absolute atomic E-state index is 0.144. The van der Waals surface area contributed by atoms with E-state index < -0.39 is 24.3 Å². The molecule has 87 heavy (non-hydrogen) atoms. The molecular weight excluding hydrogens is 1080 g/mol. The second kappa shape index (κ2) is 67.9.